The van der Waals surface area contributed by atoms with Gasteiger partial charge in [0.1, 0.15) is 5.60 Å². The van der Waals surface area contributed by atoms with Gasteiger partial charge >= 0.3 is 5.97 Å². The van der Waals surface area contributed by atoms with Crippen LogP contribution >= 0.6 is 0 Å². The molecule has 5 rings (SSSR count). The minimum atomic E-state index is -0.252. The second-order valence-electron chi connectivity index (χ2n) is 11.1. The number of hydrogen-bond acceptors (Lipinski definition) is 4. The minimum absolute atomic E-state index is 0.000486. The van der Waals surface area contributed by atoms with E-state index in [0.717, 1.165) is 64.4 Å². The fraction of sp³-hybridized carbons (Fsp3) is 0.840. The Morgan fingerprint density at radius 2 is 1.86 bits per heavy atom. The van der Waals surface area contributed by atoms with E-state index in [2.05, 4.69) is 20.8 Å². The van der Waals surface area contributed by atoms with Crippen LogP contribution in [0.5, 0.6) is 0 Å². The van der Waals surface area contributed by atoms with E-state index >= 15 is 0 Å². The molecule has 0 N–H and O–H groups in total. The predicted molar refractivity (Wildman–Crippen MR) is 110 cm³/mol. The molecule has 0 aromatic rings. The summed E-state index contributed by atoms with van der Waals surface area (Å²) >= 11 is 0. The second-order valence-corrected chi connectivity index (χ2v) is 11.1. The first-order valence-corrected chi connectivity index (χ1v) is 11.8. The van der Waals surface area contributed by atoms with Crippen molar-refractivity contribution in [1.29, 1.82) is 0 Å². The third-order valence-corrected chi connectivity index (χ3v) is 9.93. The highest BCUT2D eigenvalue weighted by Crippen LogP contribution is 2.72. The highest BCUT2D eigenvalue weighted by molar-refractivity contribution is 5.91. The lowest BCUT2D eigenvalue weighted by Gasteiger charge is -2.62. The van der Waals surface area contributed by atoms with Crippen molar-refractivity contribution < 1.29 is 19.1 Å². The van der Waals surface area contributed by atoms with Crippen LogP contribution in [0.4, 0.5) is 0 Å². The minimum Gasteiger partial charge on any atom is -0.458 e. The van der Waals surface area contributed by atoms with Gasteiger partial charge in [0, 0.05) is 30.3 Å². The maximum absolute atomic E-state index is 12.1. The second kappa shape index (κ2) is 6.42. The number of esters is 1. The van der Waals surface area contributed by atoms with E-state index in [4.69, 9.17) is 9.47 Å². The standard InChI is InChI=1S/C25H36O4/c1-4-28-20-8-11-23(3)19(7-13-25(23)14-9-21(27)29-25)24(20)12-5-17-15-18(26)6-10-22(17,2)16-24/h15,19-20H,4-14,16H2,1-3H3/t19?,20-,22?,23?,24?,25-/m1/s1. The number of carbonyl (C=O) groups is 2. The van der Waals surface area contributed by atoms with Crippen molar-refractivity contribution in [2.24, 2.45) is 22.2 Å². The molecular weight excluding hydrogens is 364 g/mol. The summed E-state index contributed by atoms with van der Waals surface area (Å²) in [6.07, 6.45) is 12.9. The topological polar surface area (TPSA) is 52.6 Å². The number of allylic oxidation sites excluding steroid dienone is 2. The summed E-state index contributed by atoms with van der Waals surface area (Å²) in [6, 6.07) is 0. The van der Waals surface area contributed by atoms with Crippen molar-refractivity contribution in [3.63, 3.8) is 0 Å². The lowest BCUT2D eigenvalue weighted by atomic mass is 9.44. The van der Waals surface area contributed by atoms with Crippen molar-refractivity contribution >= 4 is 11.8 Å². The van der Waals surface area contributed by atoms with E-state index in [0.29, 0.717) is 24.5 Å². The molecule has 0 radical (unpaired) electrons. The van der Waals surface area contributed by atoms with E-state index in [1.54, 1.807) is 0 Å². The Labute approximate surface area is 174 Å². The van der Waals surface area contributed by atoms with Gasteiger partial charge in [-0.3, -0.25) is 9.59 Å². The average Bonchev–Trinajstić information content (AvgIpc) is 3.20. The van der Waals surface area contributed by atoms with Crippen LogP contribution < -0.4 is 0 Å². The lowest BCUT2D eigenvalue weighted by molar-refractivity contribution is -0.198. The van der Waals surface area contributed by atoms with Crippen LogP contribution in [0.1, 0.15) is 91.4 Å². The lowest BCUT2D eigenvalue weighted by Crippen LogP contribution is -2.60. The fourth-order valence-corrected chi connectivity index (χ4v) is 8.55. The summed E-state index contributed by atoms with van der Waals surface area (Å²) in [6.45, 7) is 7.69. The number of rotatable bonds is 2. The Morgan fingerprint density at radius 1 is 1.03 bits per heavy atom. The Bertz CT molecular complexity index is 771. The summed E-state index contributed by atoms with van der Waals surface area (Å²) in [4.78, 5) is 24.2. The normalized spacial score (nSPS) is 49.1. The van der Waals surface area contributed by atoms with Gasteiger partial charge in [-0.2, -0.15) is 0 Å². The number of carbonyl (C=O) groups excluding carboxylic acids is 2. The van der Waals surface area contributed by atoms with Crippen molar-refractivity contribution in [3.8, 4) is 0 Å². The third-order valence-electron chi connectivity index (χ3n) is 9.93. The van der Waals surface area contributed by atoms with E-state index in [-0.39, 0.29) is 33.9 Å². The molecule has 4 unspecified atom stereocenters. The van der Waals surface area contributed by atoms with Crippen LogP contribution in [-0.4, -0.2) is 30.1 Å². The van der Waals surface area contributed by atoms with Gasteiger partial charge in [-0.1, -0.05) is 19.4 Å². The zero-order valence-corrected chi connectivity index (χ0v) is 18.4. The molecule has 4 aliphatic carbocycles. The molecule has 1 aliphatic heterocycles. The van der Waals surface area contributed by atoms with Gasteiger partial charge in [0.2, 0.25) is 0 Å². The Balaban J connectivity index is 1.55. The zero-order valence-electron chi connectivity index (χ0n) is 18.4. The smallest absolute Gasteiger partial charge is 0.306 e. The van der Waals surface area contributed by atoms with E-state index in [9.17, 15) is 9.59 Å². The number of hydrogen-bond donors (Lipinski definition) is 0. The largest absolute Gasteiger partial charge is 0.458 e. The quantitative estimate of drug-likeness (QED) is 0.602. The monoisotopic (exact) mass is 400 g/mol. The SMILES string of the molecule is CCO[C@@H]1CCC2(C)C(CC[C@@]23CCC(=O)O3)C12CCC1=CC(=O)CCC1(C)C2. The van der Waals surface area contributed by atoms with Gasteiger partial charge in [-0.15, -0.1) is 0 Å². The Kier molecular flexibility index (Phi) is 4.38. The molecule has 1 saturated heterocycles. The average molecular weight is 401 g/mol. The summed E-state index contributed by atoms with van der Waals surface area (Å²) < 4.78 is 12.6. The molecular formula is C25H36O4. The Morgan fingerprint density at radius 3 is 2.59 bits per heavy atom. The summed E-state index contributed by atoms with van der Waals surface area (Å²) in [5.74, 6) is 0.836. The van der Waals surface area contributed by atoms with Gasteiger partial charge in [-0.25, -0.2) is 0 Å². The maximum atomic E-state index is 12.1. The molecule has 160 valence electrons. The van der Waals surface area contributed by atoms with E-state index in [1.165, 1.54) is 5.57 Å². The molecule has 0 aromatic heterocycles. The first-order chi connectivity index (χ1) is 13.8. The Hall–Kier alpha value is -1.16. The molecule has 4 fully saturated rings. The molecule has 2 spiro atoms. The van der Waals surface area contributed by atoms with Crippen molar-refractivity contribution in [1.82, 2.24) is 0 Å². The number of fused-ring (bicyclic) bond motifs is 4. The first kappa shape index (κ1) is 19.8. The maximum Gasteiger partial charge on any atom is 0.306 e. The van der Waals surface area contributed by atoms with Crippen LogP contribution in [0.2, 0.25) is 0 Å². The molecule has 0 bridgehead atoms. The molecule has 4 nitrogen and oxygen atoms in total. The summed E-state index contributed by atoms with van der Waals surface area (Å²) in [5.41, 5.74) is 1.42. The van der Waals surface area contributed by atoms with Crippen molar-refractivity contribution in [2.75, 3.05) is 6.61 Å². The molecule has 0 amide bonds. The molecule has 3 saturated carbocycles. The van der Waals surface area contributed by atoms with Crippen LogP contribution in [0.3, 0.4) is 0 Å². The van der Waals surface area contributed by atoms with Crippen molar-refractivity contribution in [3.05, 3.63) is 11.6 Å². The first-order valence-electron chi connectivity index (χ1n) is 11.8. The predicted octanol–water partition coefficient (Wildman–Crippen LogP) is 5.14. The van der Waals surface area contributed by atoms with Gasteiger partial charge in [0.25, 0.3) is 0 Å². The van der Waals surface area contributed by atoms with Crippen LogP contribution in [0.25, 0.3) is 0 Å². The molecule has 5 aliphatic rings. The molecule has 4 heteroatoms. The fourth-order valence-electron chi connectivity index (χ4n) is 8.55. The number of ketones is 1. The highest BCUT2D eigenvalue weighted by atomic mass is 16.6. The highest BCUT2D eigenvalue weighted by Gasteiger charge is 2.70. The van der Waals surface area contributed by atoms with Crippen LogP contribution in [0.15, 0.2) is 11.6 Å². The van der Waals surface area contributed by atoms with E-state index < -0.39 is 0 Å². The molecule has 29 heavy (non-hydrogen) atoms. The summed E-state index contributed by atoms with van der Waals surface area (Å²) in [7, 11) is 0. The molecule has 0 aromatic carbocycles. The van der Waals surface area contributed by atoms with E-state index in [1.807, 2.05) is 6.08 Å². The van der Waals surface area contributed by atoms with Gasteiger partial charge < -0.3 is 9.47 Å². The molecule has 1 heterocycles. The van der Waals surface area contributed by atoms with Gasteiger partial charge in [0.15, 0.2) is 5.78 Å². The number of ether oxygens (including phenoxy) is 2. The zero-order chi connectivity index (χ0) is 20.5. The van der Waals surface area contributed by atoms with Gasteiger partial charge in [-0.05, 0) is 82.1 Å². The third kappa shape index (κ3) is 2.60. The van der Waals surface area contributed by atoms with Crippen molar-refractivity contribution in [2.45, 2.75) is 103 Å². The van der Waals surface area contributed by atoms with Crippen LogP contribution in [-0.2, 0) is 19.1 Å². The van der Waals surface area contributed by atoms with Crippen LogP contribution in [0, 0.1) is 22.2 Å². The van der Waals surface area contributed by atoms with Gasteiger partial charge in [0.05, 0.1) is 6.10 Å². The summed E-state index contributed by atoms with van der Waals surface area (Å²) in [5, 5.41) is 0. The molecule has 6 atom stereocenters.